The first-order valence-electron chi connectivity index (χ1n) is 5.17. The monoisotopic (exact) mass is 221 g/mol. The molecule has 16 heavy (non-hydrogen) atoms. The minimum atomic E-state index is 0.714. The molecule has 0 fully saturated rings. The predicted molar refractivity (Wildman–Crippen MR) is 57.5 cm³/mol. The fourth-order valence-electron chi connectivity index (χ4n) is 1.35. The summed E-state index contributed by atoms with van der Waals surface area (Å²) in [5.74, 6) is 1.86. The van der Waals surface area contributed by atoms with Crippen molar-refractivity contribution >= 4 is 0 Å². The molecule has 0 aliphatic heterocycles. The second-order valence-corrected chi connectivity index (χ2v) is 3.57. The summed E-state index contributed by atoms with van der Waals surface area (Å²) in [6.45, 7) is 4.28. The number of hydrogen-bond donors (Lipinski definition) is 1. The van der Waals surface area contributed by atoms with E-state index in [1.165, 1.54) is 0 Å². The van der Waals surface area contributed by atoms with Crippen LogP contribution in [0.5, 0.6) is 0 Å². The lowest BCUT2D eigenvalue weighted by atomic mass is 10.5. The van der Waals surface area contributed by atoms with E-state index in [0.717, 1.165) is 24.7 Å². The number of aromatic nitrogens is 6. The van der Waals surface area contributed by atoms with Crippen LogP contribution in [0.3, 0.4) is 0 Å². The van der Waals surface area contributed by atoms with Gasteiger partial charge in [-0.25, -0.2) is 0 Å². The molecule has 0 saturated carbocycles. The molecule has 2 rings (SSSR count). The van der Waals surface area contributed by atoms with Crippen molar-refractivity contribution in [1.29, 1.82) is 0 Å². The van der Waals surface area contributed by atoms with Crippen molar-refractivity contribution in [3.8, 4) is 0 Å². The number of nitrogens with zero attached hydrogens (tertiary/aromatic N) is 6. The molecule has 7 nitrogen and oxygen atoms in total. The highest BCUT2D eigenvalue weighted by Gasteiger charge is 2.03. The molecule has 0 bridgehead atoms. The zero-order valence-corrected chi connectivity index (χ0v) is 9.46. The second kappa shape index (κ2) is 4.84. The standard InChI is InChI=1S/C9H15N7/c1-8-12-13-9(15(8)2)7-10-3-5-16-6-4-11-14-16/h4,6,10H,3,5,7H2,1-2H3. The van der Waals surface area contributed by atoms with E-state index in [2.05, 4.69) is 25.8 Å². The molecular weight excluding hydrogens is 206 g/mol. The third-order valence-corrected chi connectivity index (χ3v) is 2.46. The molecule has 1 N–H and O–H groups in total. The van der Waals surface area contributed by atoms with Gasteiger partial charge in [-0.1, -0.05) is 5.21 Å². The summed E-state index contributed by atoms with van der Waals surface area (Å²) in [5.41, 5.74) is 0. The van der Waals surface area contributed by atoms with E-state index in [9.17, 15) is 0 Å². The molecule has 0 amide bonds. The van der Waals surface area contributed by atoms with Gasteiger partial charge in [-0.15, -0.1) is 15.3 Å². The summed E-state index contributed by atoms with van der Waals surface area (Å²) in [4.78, 5) is 0. The van der Waals surface area contributed by atoms with Crippen LogP contribution < -0.4 is 5.32 Å². The van der Waals surface area contributed by atoms with E-state index < -0.39 is 0 Å². The molecule has 2 aromatic rings. The van der Waals surface area contributed by atoms with Crippen molar-refractivity contribution in [3.63, 3.8) is 0 Å². The highest BCUT2D eigenvalue weighted by molar-refractivity contribution is 4.91. The van der Waals surface area contributed by atoms with E-state index in [1.54, 1.807) is 10.9 Å². The molecule has 2 aromatic heterocycles. The maximum atomic E-state index is 4.07. The smallest absolute Gasteiger partial charge is 0.146 e. The van der Waals surface area contributed by atoms with Gasteiger partial charge >= 0.3 is 0 Å². The highest BCUT2D eigenvalue weighted by atomic mass is 15.4. The Kier molecular flexibility index (Phi) is 3.25. The first-order chi connectivity index (χ1) is 7.77. The molecule has 0 spiro atoms. The zero-order valence-electron chi connectivity index (χ0n) is 9.46. The first kappa shape index (κ1) is 10.7. The van der Waals surface area contributed by atoms with Crippen LogP contribution in [0.4, 0.5) is 0 Å². The fraction of sp³-hybridized carbons (Fsp3) is 0.556. The van der Waals surface area contributed by atoms with Crippen LogP contribution >= 0.6 is 0 Å². The molecule has 2 heterocycles. The van der Waals surface area contributed by atoms with Crippen LogP contribution in [0.25, 0.3) is 0 Å². The van der Waals surface area contributed by atoms with E-state index in [-0.39, 0.29) is 0 Å². The summed E-state index contributed by atoms with van der Waals surface area (Å²) < 4.78 is 3.76. The largest absolute Gasteiger partial charge is 0.317 e. The lowest BCUT2D eigenvalue weighted by Gasteiger charge is -2.04. The lowest BCUT2D eigenvalue weighted by molar-refractivity contribution is 0.529. The van der Waals surface area contributed by atoms with Crippen LogP contribution in [0.1, 0.15) is 11.6 Å². The molecule has 0 aliphatic carbocycles. The Bertz CT molecular complexity index is 431. The number of aryl methyl sites for hydroxylation is 1. The Morgan fingerprint density at radius 1 is 1.38 bits per heavy atom. The van der Waals surface area contributed by atoms with Crippen LogP contribution in [-0.4, -0.2) is 36.3 Å². The van der Waals surface area contributed by atoms with E-state index in [4.69, 9.17) is 0 Å². The Balaban J connectivity index is 1.74. The van der Waals surface area contributed by atoms with Crippen molar-refractivity contribution in [1.82, 2.24) is 35.1 Å². The molecular formula is C9H15N7. The van der Waals surface area contributed by atoms with Gasteiger partial charge in [-0.2, -0.15) is 0 Å². The van der Waals surface area contributed by atoms with Gasteiger partial charge in [0.2, 0.25) is 0 Å². The molecule has 0 aliphatic rings. The quantitative estimate of drug-likeness (QED) is 0.689. The number of nitrogens with one attached hydrogen (secondary N) is 1. The molecule has 0 unspecified atom stereocenters. The fourth-order valence-corrected chi connectivity index (χ4v) is 1.35. The third kappa shape index (κ3) is 2.43. The lowest BCUT2D eigenvalue weighted by Crippen LogP contribution is -2.21. The summed E-state index contributed by atoms with van der Waals surface area (Å²) in [5, 5.41) is 18.9. The molecule has 0 aromatic carbocycles. The summed E-state index contributed by atoms with van der Waals surface area (Å²) in [7, 11) is 1.96. The van der Waals surface area contributed by atoms with Crippen molar-refractivity contribution in [3.05, 3.63) is 24.0 Å². The van der Waals surface area contributed by atoms with E-state index in [0.29, 0.717) is 6.54 Å². The Morgan fingerprint density at radius 2 is 2.25 bits per heavy atom. The van der Waals surface area contributed by atoms with Crippen molar-refractivity contribution in [2.24, 2.45) is 7.05 Å². The van der Waals surface area contributed by atoms with Gasteiger partial charge in [-0.05, 0) is 6.92 Å². The molecule has 86 valence electrons. The van der Waals surface area contributed by atoms with Gasteiger partial charge in [0.15, 0.2) is 0 Å². The third-order valence-electron chi connectivity index (χ3n) is 2.46. The summed E-state index contributed by atoms with van der Waals surface area (Å²) in [6.07, 6.45) is 3.51. The molecule has 7 heteroatoms. The average molecular weight is 221 g/mol. The molecule has 0 radical (unpaired) electrons. The van der Waals surface area contributed by atoms with Crippen LogP contribution in [-0.2, 0) is 20.1 Å². The van der Waals surface area contributed by atoms with Crippen molar-refractivity contribution in [2.45, 2.75) is 20.0 Å². The van der Waals surface area contributed by atoms with Gasteiger partial charge in [0, 0.05) is 19.8 Å². The number of rotatable bonds is 5. The minimum absolute atomic E-state index is 0.714. The van der Waals surface area contributed by atoms with E-state index >= 15 is 0 Å². The SMILES string of the molecule is Cc1nnc(CNCCn2ccnn2)n1C. The maximum absolute atomic E-state index is 4.07. The predicted octanol–water partition coefficient (Wildman–Crippen LogP) is -0.495. The topological polar surface area (TPSA) is 73.5 Å². The van der Waals surface area contributed by atoms with Crippen LogP contribution in [0.15, 0.2) is 12.4 Å². The summed E-state index contributed by atoms with van der Waals surface area (Å²) >= 11 is 0. The van der Waals surface area contributed by atoms with Crippen molar-refractivity contribution < 1.29 is 0 Å². The highest BCUT2D eigenvalue weighted by Crippen LogP contribution is 1.96. The van der Waals surface area contributed by atoms with Gasteiger partial charge in [-0.3, -0.25) is 4.68 Å². The van der Waals surface area contributed by atoms with Gasteiger partial charge in [0.25, 0.3) is 0 Å². The average Bonchev–Trinajstić information content (AvgIpc) is 2.88. The van der Waals surface area contributed by atoms with Gasteiger partial charge in [0.05, 0.1) is 19.3 Å². The normalized spacial score (nSPS) is 10.9. The van der Waals surface area contributed by atoms with E-state index in [1.807, 2.05) is 24.7 Å². The molecule has 0 saturated heterocycles. The maximum Gasteiger partial charge on any atom is 0.146 e. The zero-order chi connectivity index (χ0) is 11.4. The van der Waals surface area contributed by atoms with Crippen LogP contribution in [0.2, 0.25) is 0 Å². The van der Waals surface area contributed by atoms with Gasteiger partial charge in [0.1, 0.15) is 11.6 Å². The minimum Gasteiger partial charge on any atom is -0.317 e. The Hall–Kier alpha value is -1.76. The second-order valence-electron chi connectivity index (χ2n) is 3.57. The van der Waals surface area contributed by atoms with Crippen molar-refractivity contribution in [2.75, 3.05) is 6.54 Å². The summed E-state index contributed by atoms with van der Waals surface area (Å²) in [6, 6.07) is 0. The Morgan fingerprint density at radius 3 is 2.88 bits per heavy atom. The Labute approximate surface area is 93.5 Å². The van der Waals surface area contributed by atoms with Gasteiger partial charge < -0.3 is 9.88 Å². The first-order valence-corrected chi connectivity index (χ1v) is 5.17. The molecule has 0 atom stereocenters. The number of hydrogen-bond acceptors (Lipinski definition) is 5. The van der Waals surface area contributed by atoms with Crippen LogP contribution in [0, 0.1) is 6.92 Å².